The number of likely N-dealkylation sites (tertiary alicyclic amines) is 2. The number of carbonyl (C=O) groups excluding carboxylic acids is 1. The number of carbonyl (C=O) groups is 1. The molecule has 25 heavy (non-hydrogen) atoms. The van der Waals surface area contributed by atoms with Crippen molar-refractivity contribution in [3.05, 3.63) is 17.0 Å². The first-order valence-electron chi connectivity index (χ1n) is 10.2. The highest BCUT2D eigenvalue weighted by atomic mass is 16.2. The quantitative estimate of drug-likeness (QED) is 0.828. The van der Waals surface area contributed by atoms with Crippen LogP contribution >= 0.6 is 0 Å². The van der Waals surface area contributed by atoms with E-state index in [-0.39, 0.29) is 5.91 Å². The SMILES string of the molecule is CN1CCCCC1C1CCN(C(=O)c2c3c(nn2C)CCCC3)CC1. The summed E-state index contributed by atoms with van der Waals surface area (Å²) >= 11 is 0. The van der Waals surface area contributed by atoms with Crippen LogP contribution in [0.5, 0.6) is 0 Å². The molecule has 0 saturated carbocycles. The van der Waals surface area contributed by atoms with E-state index in [0.717, 1.165) is 62.1 Å². The van der Waals surface area contributed by atoms with E-state index in [1.807, 2.05) is 11.7 Å². The van der Waals surface area contributed by atoms with Crippen LogP contribution in [-0.2, 0) is 19.9 Å². The van der Waals surface area contributed by atoms with Crippen LogP contribution in [0, 0.1) is 5.92 Å². The van der Waals surface area contributed by atoms with E-state index in [1.54, 1.807) is 0 Å². The largest absolute Gasteiger partial charge is 0.337 e. The van der Waals surface area contributed by atoms with Gasteiger partial charge in [-0.05, 0) is 70.9 Å². The third kappa shape index (κ3) is 3.23. The molecule has 1 atom stereocenters. The summed E-state index contributed by atoms with van der Waals surface area (Å²) < 4.78 is 1.85. The molecular formula is C20H32N4O. The van der Waals surface area contributed by atoms with E-state index in [9.17, 15) is 4.79 Å². The van der Waals surface area contributed by atoms with Crippen LogP contribution in [0.1, 0.15) is 66.7 Å². The third-order valence-corrected chi connectivity index (χ3v) is 6.72. The Morgan fingerprint density at radius 1 is 0.960 bits per heavy atom. The number of piperidine rings is 2. The molecule has 1 aliphatic carbocycles. The van der Waals surface area contributed by atoms with Gasteiger partial charge >= 0.3 is 0 Å². The second kappa shape index (κ2) is 7.10. The number of rotatable bonds is 2. The Morgan fingerprint density at radius 2 is 1.72 bits per heavy atom. The molecule has 0 aromatic carbocycles. The minimum atomic E-state index is 0.216. The van der Waals surface area contributed by atoms with Gasteiger partial charge in [-0.25, -0.2) is 0 Å². The molecule has 0 radical (unpaired) electrons. The van der Waals surface area contributed by atoms with Crippen LogP contribution in [0.25, 0.3) is 0 Å². The lowest BCUT2D eigenvalue weighted by Crippen LogP contribution is -2.47. The second-order valence-electron chi connectivity index (χ2n) is 8.28. The van der Waals surface area contributed by atoms with Gasteiger partial charge in [0.15, 0.2) is 0 Å². The number of amides is 1. The van der Waals surface area contributed by atoms with E-state index >= 15 is 0 Å². The summed E-state index contributed by atoms with van der Waals surface area (Å²) in [6.07, 6.45) is 10.8. The smallest absolute Gasteiger partial charge is 0.272 e. The normalized spacial score (nSPS) is 25.8. The highest BCUT2D eigenvalue weighted by Crippen LogP contribution is 2.31. The first-order chi connectivity index (χ1) is 12.1. The van der Waals surface area contributed by atoms with Crippen LogP contribution in [0.3, 0.4) is 0 Å². The minimum absolute atomic E-state index is 0.216. The van der Waals surface area contributed by atoms with Crippen molar-refractivity contribution in [1.82, 2.24) is 19.6 Å². The summed E-state index contributed by atoms with van der Waals surface area (Å²) in [4.78, 5) is 17.8. The fourth-order valence-electron chi connectivity index (χ4n) is 5.28. The lowest BCUT2D eigenvalue weighted by atomic mass is 9.84. The molecule has 0 N–H and O–H groups in total. The van der Waals surface area contributed by atoms with E-state index in [0.29, 0.717) is 0 Å². The van der Waals surface area contributed by atoms with Gasteiger partial charge in [0, 0.05) is 31.7 Å². The fraction of sp³-hybridized carbons (Fsp3) is 0.800. The summed E-state index contributed by atoms with van der Waals surface area (Å²) in [5.41, 5.74) is 3.26. The molecule has 3 heterocycles. The van der Waals surface area contributed by atoms with Gasteiger partial charge in [-0.2, -0.15) is 5.10 Å². The van der Waals surface area contributed by atoms with Crippen LogP contribution in [-0.4, -0.2) is 58.2 Å². The molecular weight excluding hydrogens is 312 g/mol. The number of fused-ring (bicyclic) bond motifs is 1. The molecule has 2 saturated heterocycles. The van der Waals surface area contributed by atoms with Crippen LogP contribution in [0.4, 0.5) is 0 Å². The maximum absolute atomic E-state index is 13.2. The summed E-state index contributed by atoms with van der Waals surface area (Å²) in [5.74, 6) is 0.975. The summed E-state index contributed by atoms with van der Waals surface area (Å²) in [5, 5.41) is 4.63. The van der Waals surface area contributed by atoms with E-state index in [2.05, 4.69) is 21.9 Å². The Bertz CT molecular complexity index is 630. The molecule has 2 aliphatic heterocycles. The zero-order valence-electron chi connectivity index (χ0n) is 15.8. The topological polar surface area (TPSA) is 41.4 Å². The lowest BCUT2D eigenvalue weighted by molar-refractivity contribution is 0.0545. The predicted octanol–water partition coefficient (Wildman–Crippen LogP) is 2.64. The Labute approximate surface area is 151 Å². The highest BCUT2D eigenvalue weighted by molar-refractivity contribution is 5.94. The number of hydrogen-bond acceptors (Lipinski definition) is 3. The monoisotopic (exact) mass is 344 g/mol. The van der Waals surface area contributed by atoms with Crippen molar-refractivity contribution in [2.45, 2.75) is 63.8 Å². The maximum Gasteiger partial charge on any atom is 0.272 e. The molecule has 138 valence electrons. The maximum atomic E-state index is 13.2. The fourth-order valence-corrected chi connectivity index (χ4v) is 5.28. The minimum Gasteiger partial charge on any atom is -0.337 e. The van der Waals surface area contributed by atoms with E-state index in [4.69, 9.17) is 0 Å². The van der Waals surface area contributed by atoms with Crippen LogP contribution in [0.2, 0.25) is 0 Å². The van der Waals surface area contributed by atoms with Gasteiger partial charge in [0.2, 0.25) is 0 Å². The third-order valence-electron chi connectivity index (χ3n) is 6.72. The molecule has 3 aliphatic rings. The predicted molar refractivity (Wildman–Crippen MR) is 98.7 cm³/mol. The Balaban J connectivity index is 1.43. The van der Waals surface area contributed by atoms with Gasteiger partial charge < -0.3 is 9.80 Å². The summed E-state index contributed by atoms with van der Waals surface area (Å²) in [6, 6.07) is 0.732. The van der Waals surface area contributed by atoms with Crippen molar-refractivity contribution in [1.29, 1.82) is 0 Å². The van der Waals surface area contributed by atoms with E-state index in [1.165, 1.54) is 44.2 Å². The van der Waals surface area contributed by atoms with Crippen molar-refractivity contribution in [3.63, 3.8) is 0 Å². The van der Waals surface area contributed by atoms with Gasteiger partial charge in [-0.15, -0.1) is 0 Å². The molecule has 2 fully saturated rings. The van der Waals surface area contributed by atoms with Gasteiger partial charge in [0.05, 0.1) is 5.69 Å². The van der Waals surface area contributed by atoms with Gasteiger partial charge in [-0.1, -0.05) is 6.42 Å². The molecule has 1 unspecified atom stereocenters. The van der Waals surface area contributed by atoms with Gasteiger partial charge in [0.25, 0.3) is 5.91 Å². The molecule has 5 heteroatoms. The van der Waals surface area contributed by atoms with Crippen LogP contribution < -0.4 is 0 Å². The molecule has 0 spiro atoms. The zero-order chi connectivity index (χ0) is 17.4. The van der Waals surface area contributed by atoms with Crippen LogP contribution in [0.15, 0.2) is 0 Å². The summed E-state index contributed by atoms with van der Waals surface area (Å²) in [6.45, 7) is 3.06. The Kier molecular flexibility index (Phi) is 4.85. The van der Waals surface area contributed by atoms with Gasteiger partial charge in [-0.3, -0.25) is 9.48 Å². The first-order valence-corrected chi connectivity index (χ1v) is 10.2. The molecule has 1 aromatic rings. The Hall–Kier alpha value is -1.36. The lowest BCUT2D eigenvalue weighted by Gasteiger charge is -2.42. The molecule has 0 bridgehead atoms. The number of aryl methyl sites for hydroxylation is 2. The van der Waals surface area contributed by atoms with Crippen molar-refractivity contribution in [2.75, 3.05) is 26.7 Å². The number of nitrogens with zero attached hydrogens (tertiary/aromatic N) is 4. The highest BCUT2D eigenvalue weighted by Gasteiger charge is 2.34. The standard InChI is InChI=1S/C20H32N4O/c1-22-12-6-5-9-18(22)15-10-13-24(14-11-15)20(25)19-16-7-3-4-8-17(16)21-23(19)2/h15,18H,3-14H2,1-2H3. The van der Waals surface area contributed by atoms with Crippen molar-refractivity contribution >= 4 is 5.91 Å². The van der Waals surface area contributed by atoms with Crippen molar-refractivity contribution in [3.8, 4) is 0 Å². The average Bonchev–Trinajstić information content (AvgIpc) is 2.97. The Morgan fingerprint density at radius 3 is 2.48 bits per heavy atom. The van der Waals surface area contributed by atoms with E-state index < -0.39 is 0 Å². The van der Waals surface area contributed by atoms with Crippen molar-refractivity contribution < 1.29 is 4.79 Å². The molecule has 4 rings (SSSR count). The molecule has 1 amide bonds. The number of hydrogen-bond donors (Lipinski definition) is 0. The number of aromatic nitrogens is 2. The first kappa shape index (κ1) is 17.1. The second-order valence-corrected chi connectivity index (χ2v) is 8.28. The van der Waals surface area contributed by atoms with Crippen molar-refractivity contribution in [2.24, 2.45) is 13.0 Å². The summed E-state index contributed by atoms with van der Waals surface area (Å²) in [7, 11) is 4.22. The average molecular weight is 345 g/mol. The molecule has 5 nitrogen and oxygen atoms in total. The zero-order valence-corrected chi connectivity index (χ0v) is 15.8. The molecule has 1 aromatic heterocycles. The van der Waals surface area contributed by atoms with Gasteiger partial charge in [0.1, 0.15) is 5.69 Å².